The average molecular weight is 276 g/mol. The molecule has 0 aromatic heterocycles. The molecule has 2 nitrogen and oxygen atoms in total. The van der Waals surface area contributed by atoms with Crippen LogP contribution in [0.3, 0.4) is 0 Å². The maximum absolute atomic E-state index is 6.10. The smallest absolute Gasteiger partial charge is 0.127 e. The van der Waals surface area contributed by atoms with Crippen molar-refractivity contribution in [2.75, 3.05) is 6.61 Å². The maximum Gasteiger partial charge on any atom is 0.127 e. The molecule has 0 amide bonds. The number of nitrogens with two attached hydrogens (primary N) is 1. The van der Waals surface area contributed by atoms with Gasteiger partial charge in [-0.2, -0.15) is 0 Å². The number of benzene rings is 2. The summed E-state index contributed by atoms with van der Waals surface area (Å²) < 4.78 is 5.80. The van der Waals surface area contributed by atoms with E-state index in [2.05, 4.69) is 6.92 Å². The SMILES string of the molecule is CCCOc1ccccc1-c1cc(Cl)ccc1CN. The lowest BCUT2D eigenvalue weighted by Gasteiger charge is -2.14. The van der Waals surface area contributed by atoms with E-state index in [1.54, 1.807) is 0 Å². The number of hydrogen-bond acceptors (Lipinski definition) is 2. The fourth-order valence-electron chi connectivity index (χ4n) is 2.00. The van der Waals surface area contributed by atoms with E-state index in [-0.39, 0.29) is 0 Å². The van der Waals surface area contributed by atoms with Crippen molar-refractivity contribution in [1.82, 2.24) is 0 Å². The van der Waals surface area contributed by atoms with Crippen LogP contribution in [0.1, 0.15) is 18.9 Å². The molecule has 0 radical (unpaired) electrons. The normalized spacial score (nSPS) is 10.5. The van der Waals surface area contributed by atoms with E-state index in [9.17, 15) is 0 Å². The van der Waals surface area contributed by atoms with Crippen molar-refractivity contribution < 1.29 is 4.74 Å². The highest BCUT2D eigenvalue weighted by Crippen LogP contribution is 2.34. The van der Waals surface area contributed by atoms with E-state index >= 15 is 0 Å². The van der Waals surface area contributed by atoms with Gasteiger partial charge in [0.05, 0.1) is 6.61 Å². The van der Waals surface area contributed by atoms with Crippen LogP contribution in [0, 0.1) is 0 Å². The molecule has 2 aromatic carbocycles. The molecule has 2 rings (SSSR count). The molecule has 2 aromatic rings. The van der Waals surface area contributed by atoms with Gasteiger partial charge >= 0.3 is 0 Å². The van der Waals surface area contributed by atoms with Crippen LogP contribution in [0.15, 0.2) is 42.5 Å². The van der Waals surface area contributed by atoms with E-state index in [1.165, 1.54) is 0 Å². The maximum atomic E-state index is 6.10. The van der Waals surface area contributed by atoms with Gasteiger partial charge in [0.15, 0.2) is 0 Å². The first-order chi connectivity index (χ1) is 9.26. The lowest BCUT2D eigenvalue weighted by Crippen LogP contribution is -2.01. The van der Waals surface area contributed by atoms with Crippen molar-refractivity contribution in [3.63, 3.8) is 0 Å². The van der Waals surface area contributed by atoms with Crippen molar-refractivity contribution in [3.8, 4) is 16.9 Å². The fraction of sp³-hybridized carbons (Fsp3) is 0.250. The molecule has 0 aliphatic carbocycles. The molecule has 0 spiro atoms. The summed E-state index contributed by atoms with van der Waals surface area (Å²) >= 11 is 6.10. The van der Waals surface area contributed by atoms with Crippen LogP contribution in [0.25, 0.3) is 11.1 Å². The van der Waals surface area contributed by atoms with Crippen LogP contribution in [0.4, 0.5) is 0 Å². The lowest BCUT2D eigenvalue weighted by molar-refractivity contribution is 0.318. The summed E-state index contributed by atoms with van der Waals surface area (Å²) in [7, 11) is 0. The van der Waals surface area contributed by atoms with E-state index in [0.717, 1.165) is 28.9 Å². The third kappa shape index (κ3) is 3.28. The Hall–Kier alpha value is -1.51. The minimum Gasteiger partial charge on any atom is -0.493 e. The minimum atomic E-state index is 0.481. The van der Waals surface area contributed by atoms with Crippen LogP contribution in [0.2, 0.25) is 5.02 Å². The van der Waals surface area contributed by atoms with Gasteiger partial charge in [-0.3, -0.25) is 0 Å². The second kappa shape index (κ2) is 6.60. The molecule has 2 N–H and O–H groups in total. The summed E-state index contributed by atoms with van der Waals surface area (Å²) in [4.78, 5) is 0. The highest BCUT2D eigenvalue weighted by Gasteiger charge is 2.10. The van der Waals surface area contributed by atoms with Gasteiger partial charge in [-0.05, 0) is 35.7 Å². The first kappa shape index (κ1) is 13.9. The Balaban J connectivity index is 2.48. The third-order valence-corrected chi connectivity index (χ3v) is 3.17. The van der Waals surface area contributed by atoms with Gasteiger partial charge in [-0.25, -0.2) is 0 Å². The van der Waals surface area contributed by atoms with Crippen molar-refractivity contribution in [2.24, 2.45) is 5.73 Å². The molecule has 3 heteroatoms. The molecule has 0 saturated heterocycles. The van der Waals surface area contributed by atoms with E-state index in [0.29, 0.717) is 18.2 Å². The van der Waals surface area contributed by atoms with E-state index in [4.69, 9.17) is 22.1 Å². The first-order valence-electron chi connectivity index (χ1n) is 6.47. The zero-order valence-corrected chi connectivity index (χ0v) is 11.8. The van der Waals surface area contributed by atoms with Crippen LogP contribution >= 0.6 is 11.6 Å². The average Bonchev–Trinajstić information content (AvgIpc) is 2.45. The van der Waals surface area contributed by atoms with Crippen LogP contribution < -0.4 is 10.5 Å². The van der Waals surface area contributed by atoms with Crippen LogP contribution in [0.5, 0.6) is 5.75 Å². The molecule has 0 bridgehead atoms. The molecule has 0 unspecified atom stereocenters. The Morgan fingerprint density at radius 1 is 1.11 bits per heavy atom. The highest BCUT2D eigenvalue weighted by atomic mass is 35.5. The van der Waals surface area contributed by atoms with Gasteiger partial charge in [-0.1, -0.05) is 42.8 Å². The molecule has 19 heavy (non-hydrogen) atoms. The minimum absolute atomic E-state index is 0.481. The molecule has 0 atom stereocenters. The molecule has 100 valence electrons. The lowest BCUT2D eigenvalue weighted by atomic mass is 9.99. The largest absolute Gasteiger partial charge is 0.493 e. The van der Waals surface area contributed by atoms with Gasteiger partial charge in [-0.15, -0.1) is 0 Å². The van der Waals surface area contributed by atoms with E-state index < -0.39 is 0 Å². The second-order valence-corrected chi connectivity index (χ2v) is 4.79. The Labute approximate surface area is 119 Å². The molecule has 0 aliphatic rings. The number of hydrogen-bond donors (Lipinski definition) is 1. The topological polar surface area (TPSA) is 35.2 Å². The Morgan fingerprint density at radius 3 is 2.63 bits per heavy atom. The zero-order valence-electron chi connectivity index (χ0n) is 11.0. The first-order valence-corrected chi connectivity index (χ1v) is 6.84. The van der Waals surface area contributed by atoms with Gasteiger partial charge in [0.2, 0.25) is 0 Å². The Morgan fingerprint density at radius 2 is 1.89 bits per heavy atom. The summed E-state index contributed by atoms with van der Waals surface area (Å²) in [5.74, 6) is 0.876. The summed E-state index contributed by atoms with van der Waals surface area (Å²) in [5.41, 5.74) is 8.95. The fourth-order valence-corrected chi connectivity index (χ4v) is 2.18. The van der Waals surface area contributed by atoms with Crippen LogP contribution in [-0.4, -0.2) is 6.61 Å². The Bertz CT molecular complexity index is 554. The summed E-state index contributed by atoms with van der Waals surface area (Å²) in [6.07, 6.45) is 0.980. The van der Waals surface area contributed by atoms with Gasteiger partial charge < -0.3 is 10.5 Å². The predicted molar refractivity (Wildman–Crippen MR) is 80.6 cm³/mol. The van der Waals surface area contributed by atoms with Crippen LogP contribution in [-0.2, 0) is 6.54 Å². The number of para-hydroxylation sites is 1. The van der Waals surface area contributed by atoms with Crippen molar-refractivity contribution in [1.29, 1.82) is 0 Å². The molecule has 0 fully saturated rings. The third-order valence-electron chi connectivity index (χ3n) is 2.93. The number of ether oxygens (including phenoxy) is 1. The summed E-state index contributed by atoms with van der Waals surface area (Å²) in [6, 6.07) is 13.8. The van der Waals surface area contributed by atoms with Crippen molar-refractivity contribution in [3.05, 3.63) is 53.1 Å². The molecular weight excluding hydrogens is 258 g/mol. The molecule has 0 aliphatic heterocycles. The second-order valence-electron chi connectivity index (χ2n) is 4.35. The van der Waals surface area contributed by atoms with E-state index in [1.807, 2.05) is 42.5 Å². The summed E-state index contributed by atoms with van der Waals surface area (Å²) in [5, 5.41) is 0.706. The molecule has 0 saturated carbocycles. The summed E-state index contributed by atoms with van der Waals surface area (Å²) in [6.45, 7) is 3.28. The number of rotatable bonds is 5. The van der Waals surface area contributed by atoms with Gasteiger partial charge in [0.25, 0.3) is 0 Å². The van der Waals surface area contributed by atoms with Crippen molar-refractivity contribution in [2.45, 2.75) is 19.9 Å². The molecular formula is C16H18ClNO. The quantitative estimate of drug-likeness (QED) is 0.885. The zero-order chi connectivity index (χ0) is 13.7. The predicted octanol–water partition coefficient (Wildman–Crippen LogP) is 4.25. The van der Waals surface area contributed by atoms with Gasteiger partial charge in [0.1, 0.15) is 5.75 Å². The standard InChI is InChI=1S/C16H18ClNO/c1-2-9-19-16-6-4-3-5-14(16)15-10-13(17)8-7-12(15)11-18/h3-8,10H,2,9,11,18H2,1H3. The van der Waals surface area contributed by atoms with Crippen molar-refractivity contribution >= 4 is 11.6 Å². The highest BCUT2D eigenvalue weighted by molar-refractivity contribution is 6.30. The monoisotopic (exact) mass is 275 g/mol. The number of halogens is 1. The Kier molecular flexibility index (Phi) is 4.83. The van der Waals surface area contributed by atoms with Gasteiger partial charge in [0, 0.05) is 17.1 Å². The molecule has 0 heterocycles.